The van der Waals surface area contributed by atoms with Gasteiger partial charge in [-0.2, -0.15) is 0 Å². The van der Waals surface area contributed by atoms with Gasteiger partial charge in [-0.15, -0.1) is 10.2 Å². The van der Waals surface area contributed by atoms with E-state index in [4.69, 9.17) is 16.3 Å². The summed E-state index contributed by atoms with van der Waals surface area (Å²) in [6.07, 6.45) is 0.643. The highest BCUT2D eigenvalue weighted by atomic mass is 35.5. The highest BCUT2D eigenvalue weighted by Crippen LogP contribution is 2.25. The summed E-state index contributed by atoms with van der Waals surface area (Å²) in [6, 6.07) is 13.0. The fourth-order valence-electron chi connectivity index (χ4n) is 3.60. The second-order valence-corrected chi connectivity index (χ2v) is 10.0. The average molecular weight is 544 g/mol. The van der Waals surface area contributed by atoms with Gasteiger partial charge in [0.1, 0.15) is 0 Å². The van der Waals surface area contributed by atoms with Crippen LogP contribution in [-0.4, -0.2) is 44.9 Å². The molecule has 0 radical (unpaired) electrons. The van der Waals surface area contributed by atoms with Gasteiger partial charge in [0, 0.05) is 12.7 Å². The first-order valence-corrected chi connectivity index (χ1v) is 13.2. The van der Waals surface area contributed by atoms with E-state index < -0.39 is 12.0 Å². The zero-order chi connectivity index (χ0) is 26.9. The summed E-state index contributed by atoms with van der Waals surface area (Å²) in [5.41, 5.74) is 1.24. The smallest absolute Gasteiger partial charge is 0.338 e. The lowest BCUT2D eigenvalue weighted by molar-refractivity contribution is -0.113. The Morgan fingerprint density at radius 3 is 2.57 bits per heavy atom. The quantitative estimate of drug-likeness (QED) is 0.261. The van der Waals surface area contributed by atoms with Crippen molar-refractivity contribution in [3.63, 3.8) is 0 Å². The minimum atomic E-state index is -0.447. The van der Waals surface area contributed by atoms with Crippen LogP contribution in [0.15, 0.2) is 53.7 Å². The third-order valence-electron chi connectivity index (χ3n) is 5.30. The van der Waals surface area contributed by atoms with E-state index in [1.807, 2.05) is 0 Å². The Labute approximate surface area is 225 Å². The molecular formula is C26H30ClN5O4S. The third-order valence-corrected chi connectivity index (χ3v) is 6.65. The summed E-state index contributed by atoms with van der Waals surface area (Å²) >= 11 is 7.42. The summed E-state index contributed by atoms with van der Waals surface area (Å²) in [5, 5.41) is 15.3. The number of esters is 1. The van der Waals surface area contributed by atoms with E-state index in [0.29, 0.717) is 39.2 Å². The highest BCUT2D eigenvalue weighted by Gasteiger charge is 2.24. The number of ether oxygens (including phenoxy) is 1. The molecular weight excluding hydrogens is 514 g/mol. The molecule has 3 aromatic rings. The maximum absolute atomic E-state index is 12.9. The SMILES string of the molecule is CCOC(=O)c1cccc(NC(=O)CSc2nnc([C@H](CC(C)C)NC(=O)c3ccccc3Cl)n2C)c1. The van der Waals surface area contributed by atoms with Crippen molar-refractivity contribution in [1.82, 2.24) is 20.1 Å². The van der Waals surface area contributed by atoms with Crippen LogP contribution in [-0.2, 0) is 16.6 Å². The summed E-state index contributed by atoms with van der Waals surface area (Å²) in [5.74, 6) is -0.0628. The van der Waals surface area contributed by atoms with Crippen LogP contribution in [0.3, 0.4) is 0 Å². The number of halogens is 1. The van der Waals surface area contributed by atoms with Crippen molar-refractivity contribution in [3.05, 3.63) is 70.5 Å². The van der Waals surface area contributed by atoms with Crippen molar-refractivity contribution in [2.75, 3.05) is 17.7 Å². The standard InChI is InChI=1S/C26H30ClN5O4S/c1-5-36-25(35)17-9-8-10-18(14-17)28-22(33)15-37-26-31-30-23(32(26)4)21(13-16(2)3)29-24(34)19-11-6-7-12-20(19)27/h6-12,14,16,21H,5,13,15H2,1-4H3,(H,28,33)(H,29,34)/t21-/m0/s1. The first-order chi connectivity index (χ1) is 17.7. The number of nitrogens with one attached hydrogen (secondary N) is 2. The molecule has 37 heavy (non-hydrogen) atoms. The number of hydrogen-bond donors (Lipinski definition) is 2. The summed E-state index contributed by atoms with van der Waals surface area (Å²) in [7, 11) is 1.80. The van der Waals surface area contributed by atoms with E-state index in [1.54, 1.807) is 67.1 Å². The molecule has 2 aromatic carbocycles. The Balaban J connectivity index is 1.66. The Kier molecular flexibility index (Phi) is 10.1. The number of amides is 2. The summed E-state index contributed by atoms with van der Waals surface area (Å²) in [6.45, 7) is 6.12. The van der Waals surface area contributed by atoms with Crippen LogP contribution in [0.2, 0.25) is 5.02 Å². The summed E-state index contributed by atoms with van der Waals surface area (Å²) in [4.78, 5) is 37.4. The van der Waals surface area contributed by atoms with Gasteiger partial charge in [0.05, 0.1) is 34.6 Å². The second kappa shape index (κ2) is 13.3. The van der Waals surface area contributed by atoms with Gasteiger partial charge < -0.3 is 19.9 Å². The van der Waals surface area contributed by atoms with Gasteiger partial charge in [-0.05, 0) is 49.6 Å². The second-order valence-electron chi connectivity index (χ2n) is 8.67. The molecule has 3 rings (SSSR count). The van der Waals surface area contributed by atoms with E-state index in [2.05, 4.69) is 34.7 Å². The van der Waals surface area contributed by atoms with Crippen LogP contribution >= 0.6 is 23.4 Å². The maximum atomic E-state index is 12.9. The van der Waals surface area contributed by atoms with Gasteiger partial charge >= 0.3 is 5.97 Å². The van der Waals surface area contributed by atoms with Crippen LogP contribution in [0.25, 0.3) is 0 Å². The lowest BCUT2D eigenvalue weighted by atomic mass is 10.0. The lowest BCUT2D eigenvalue weighted by Gasteiger charge is -2.20. The number of rotatable bonds is 11. The van der Waals surface area contributed by atoms with Gasteiger partial charge in [0.2, 0.25) is 5.91 Å². The number of thioether (sulfide) groups is 1. The van der Waals surface area contributed by atoms with Crippen molar-refractivity contribution in [3.8, 4) is 0 Å². The number of aromatic nitrogens is 3. The summed E-state index contributed by atoms with van der Waals surface area (Å²) < 4.78 is 6.78. The molecule has 1 atom stereocenters. The molecule has 0 aliphatic carbocycles. The van der Waals surface area contributed by atoms with Crippen molar-refractivity contribution in [2.45, 2.75) is 38.4 Å². The molecule has 9 nitrogen and oxygen atoms in total. The first kappa shape index (κ1) is 28.2. The minimum Gasteiger partial charge on any atom is -0.462 e. The zero-order valence-electron chi connectivity index (χ0n) is 21.2. The van der Waals surface area contributed by atoms with Crippen LogP contribution in [0.4, 0.5) is 5.69 Å². The highest BCUT2D eigenvalue weighted by molar-refractivity contribution is 7.99. The average Bonchev–Trinajstić information content (AvgIpc) is 3.22. The van der Waals surface area contributed by atoms with E-state index in [1.165, 1.54) is 11.8 Å². The van der Waals surface area contributed by atoms with Gasteiger partial charge in [0.15, 0.2) is 11.0 Å². The largest absolute Gasteiger partial charge is 0.462 e. The van der Waals surface area contributed by atoms with E-state index in [9.17, 15) is 14.4 Å². The molecule has 2 N–H and O–H groups in total. The molecule has 0 aliphatic heterocycles. The number of nitrogens with zero attached hydrogens (tertiary/aromatic N) is 3. The fourth-order valence-corrected chi connectivity index (χ4v) is 4.54. The Bertz CT molecular complexity index is 1260. The molecule has 0 fully saturated rings. The third kappa shape index (κ3) is 7.80. The Hall–Kier alpha value is -3.37. The molecule has 0 aliphatic rings. The molecule has 196 valence electrons. The predicted octanol–water partition coefficient (Wildman–Crippen LogP) is 4.89. The number of benzene rings is 2. The molecule has 1 aromatic heterocycles. The Morgan fingerprint density at radius 2 is 1.86 bits per heavy atom. The van der Waals surface area contributed by atoms with Crippen LogP contribution in [0, 0.1) is 5.92 Å². The molecule has 0 saturated heterocycles. The van der Waals surface area contributed by atoms with Crippen LogP contribution in [0.5, 0.6) is 0 Å². The number of carbonyl (C=O) groups is 3. The molecule has 1 heterocycles. The van der Waals surface area contributed by atoms with Crippen molar-refractivity contribution < 1.29 is 19.1 Å². The van der Waals surface area contributed by atoms with Crippen molar-refractivity contribution >= 4 is 46.8 Å². The number of carbonyl (C=O) groups excluding carboxylic acids is 3. The van der Waals surface area contributed by atoms with Crippen LogP contribution < -0.4 is 10.6 Å². The predicted molar refractivity (Wildman–Crippen MR) is 144 cm³/mol. The molecule has 0 bridgehead atoms. The van der Waals surface area contributed by atoms with Gasteiger partial charge in [-0.25, -0.2) is 4.79 Å². The number of hydrogen-bond acceptors (Lipinski definition) is 7. The fraction of sp³-hybridized carbons (Fsp3) is 0.346. The first-order valence-electron chi connectivity index (χ1n) is 11.8. The van der Waals surface area contributed by atoms with Gasteiger partial charge in [0.25, 0.3) is 5.91 Å². The lowest BCUT2D eigenvalue weighted by Crippen LogP contribution is -2.31. The van der Waals surface area contributed by atoms with E-state index >= 15 is 0 Å². The monoisotopic (exact) mass is 543 g/mol. The van der Waals surface area contributed by atoms with Crippen LogP contribution in [0.1, 0.15) is 59.8 Å². The molecule has 0 unspecified atom stereocenters. The molecule has 0 saturated carbocycles. The molecule has 11 heteroatoms. The van der Waals surface area contributed by atoms with Gasteiger partial charge in [-0.3, -0.25) is 9.59 Å². The Morgan fingerprint density at radius 1 is 1.11 bits per heavy atom. The topological polar surface area (TPSA) is 115 Å². The van der Waals surface area contributed by atoms with Crippen molar-refractivity contribution in [1.29, 1.82) is 0 Å². The van der Waals surface area contributed by atoms with Crippen molar-refractivity contribution in [2.24, 2.45) is 13.0 Å². The van der Waals surface area contributed by atoms with Gasteiger partial charge in [-0.1, -0.05) is 55.4 Å². The maximum Gasteiger partial charge on any atom is 0.338 e. The molecule has 0 spiro atoms. The normalized spacial score (nSPS) is 11.7. The van der Waals surface area contributed by atoms with E-state index in [-0.39, 0.29) is 30.1 Å². The molecule has 2 amide bonds. The van der Waals surface area contributed by atoms with E-state index in [0.717, 1.165) is 0 Å². The number of anilines is 1. The minimum absolute atomic E-state index is 0.0798. The zero-order valence-corrected chi connectivity index (χ0v) is 22.7.